The van der Waals surface area contributed by atoms with Gasteiger partial charge in [0.15, 0.2) is 8.07 Å². The molecule has 13 rings (SSSR count). The van der Waals surface area contributed by atoms with Gasteiger partial charge in [0.05, 0.1) is 11.4 Å². The van der Waals surface area contributed by atoms with Crippen LogP contribution in [0, 0.1) is 0 Å². The molecule has 3 aliphatic heterocycles. The van der Waals surface area contributed by atoms with Crippen LogP contribution in [0.4, 0.5) is 17.1 Å². The van der Waals surface area contributed by atoms with E-state index >= 15 is 0 Å². The molecule has 0 bridgehead atoms. The van der Waals surface area contributed by atoms with E-state index in [1.807, 2.05) is 0 Å². The van der Waals surface area contributed by atoms with Gasteiger partial charge in [-0.1, -0.05) is 194 Å². The van der Waals surface area contributed by atoms with E-state index in [2.05, 4.69) is 217 Å². The van der Waals surface area contributed by atoms with E-state index in [4.69, 9.17) is 0 Å². The Hall–Kier alpha value is -7.26. The van der Waals surface area contributed by atoms with Crippen molar-refractivity contribution < 1.29 is 0 Å². The van der Waals surface area contributed by atoms with Gasteiger partial charge in [-0.15, -0.1) is 0 Å². The standard InChI is InChI=1S/C56H35NSi/c1-3-19-40-36(15-1)17-13-26-42(40)38-31-32-51-54(34-38)58(52-29-11-8-24-47(52)48-25-9-12-30-53(48)58)55-35-39(43-27-14-18-37-16-2-4-20-41(37)43)33-49-45-22-6-5-21-44(45)46-23-7-10-28-50(46)57(51)56(49)55/h1-35H. The fourth-order valence-electron chi connectivity index (χ4n) is 10.9. The minimum atomic E-state index is -3.03. The number of rotatable bonds is 2. The highest BCUT2D eigenvalue weighted by atomic mass is 28.3. The Morgan fingerprint density at radius 2 is 0.759 bits per heavy atom. The number of para-hydroxylation sites is 1. The maximum absolute atomic E-state index is 3.03. The molecule has 0 radical (unpaired) electrons. The molecule has 58 heavy (non-hydrogen) atoms. The van der Waals surface area contributed by atoms with Crippen LogP contribution in [0.15, 0.2) is 212 Å². The summed E-state index contributed by atoms with van der Waals surface area (Å²) < 4.78 is 0. The van der Waals surface area contributed by atoms with E-state index in [1.54, 1.807) is 0 Å². The summed E-state index contributed by atoms with van der Waals surface area (Å²) in [4.78, 5) is 2.64. The number of hydrogen-bond acceptors (Lipinski definition) is 1. The molecule has 10 aromatic rings. The molecule has 1 spiro atoms. The second-order valence-electron chi connectivity index (χ2n) is 15.9. The predicted octanol–water partition coefficient (Wildman–Crippen LogP) is 12.1. The van der Waals surface area contributed by atoms with Gasteiger partial charge in [0, 0.05) is 16.8 Å². The van der Waals surface area contributed by atoms with E-state index < -0.39 is 8.07 Å². The molecule has 3 heterocycles. The van der Waals surface area contributed by atoms with Crippen molar-refractivity contribution in [1.82, 2.24) is 0 Å². The van der Waals surface area contributed by atoms with Crippen molar-refractivity contribution in [3.63, 3.8) is 0 Å². The zero-order valence-electron chi connectivity index (χ0n) is 31.7. The van der Waals surface area contributed by atoms with Crippen LogP contribution in [-0.2, 0) is 0 Å². The van der Waals surface area contributed by atoms with Crippen LogP contribution in [0.2, 0.25) is 0 Å². The largest absolute Gasteiger partial charge is 0.309 e. The van der Waals surface area contributed by atoms with Crippen LogP contribution in [0.1, 0.15) is 0 Å². The number of anilines is 3. The quantitative estimate of drug-likeness (QED) is 0.159. The molecular weight excluding hydrogens is 715 g/mol. The van der Waals surface area contributed by atoms with E-state index in [0.29, 0.717) is 0 Å². The average Bonchev–Trinajstić information content (AvgIpc) is 3.52. The van der Waals surface area contributed by atoms with E-state index in [9.17, 15) is 0 Å². The van der Waals surface area contributed by atoms with Crippen molar-refractivity contribution >= 4 is 67.4 Å². The van der Waals surface area contributed by atoms with Crippen molar-refractivity contribution in [2.75, 3.05) is 4.90 Å². The minimum absolute atomic E-state index is 1.22. The number of nitrogens with zero attached hydrogens (tertiary/aromatic N) is 1. The molecule has 0 atom stereocenters. The summed E-state index contributed by atoms with van der Waals surface area (Å²) in [6, 6.07) is 80.6. The minimum Gasteiger partial charge on any atom is -0.309 e. The van der Waals surface area contributed by atoms with E-state index in [-0.39, 0.29) is 0 Å². The van der Waals surface area contributed by atoms with Gasteiger partial charge in [0.2, 0.25) is 0 Å². The fraction of sp³-hybridized carbons (Fsp3) is 0. The average molecular weight is 750 g/mol. The lowest BCUT2D eigenvalue weighted by Crippen LogP contribution is -2.75. The molecule has 1 nitrogen and oxygen atoms in total. The van der Waals surface area contributed by atoms with Crippen molar-refractivity contribution in [3.8, 4) is 55.6 Å². The van der Waals surface area contributed by atoms with Gasteiger partial charge < -0.3 is 4.90 Å². The summed E-state index contributed by atoms with van der Waals surface area (Å²) in [5, 5.41) is 10.9. The lowest BCUT2D eigenvalue weighted by Gasteiger charge is -2.45. The first kappa shape index (κ1) is 31.9. The SMILES string of the molecule is c1ccc2c(c1)-c1ccccc1N1c3ccc(-c4cccc5ccccc45)cc3[Si]3(c4ccccc4-c4ccccc43)c3cc(-c4cccc5ccccc45)cc-2c31. The second kappa shape index (κ2) is 11.9. The summed E-state index contributed by atoms with van der Waals surface area (Å²) >= 11 is 0. The van der Waals surface area contributed by atoms with Gasteiger partial charge in [0.25, 0.3) is 0 Å². The highest BCUT2D eigenvalue weighted by molar-refractivity contribution is 7.23. The third kappa shape index (κ3) is 4.14. The van der Waals surface area contributed by atoms with Crippen LogP contribution in [0.25, 0.3) is 77.2 Å². The monoisotopic (exact) mass is 749 g/mol. The zero-order valence-corrected chi connectivity index (χ0v) is 32.7. The third-order valence-electron chi connectivity index (χ3n) is 13.2. The van der Waals surface area contributed by atoms with Gasteiger partial charge in [-0.3, -0.25) is 0 Å². The summed E-state index contributed by atoms with van der Waals surface area (Å²) in [6.45, 7) is 0. The molecule has 0 fully saturated rings. The molecule has 0 saturated heterocycles. The Morgan fingerprint density at radius 3 is 1.43 bits per heavy atom. The first-order chi connectivity index (χ1) is 28.8. The van der Waals surface area contributed by atoms with Gasteiger partial charge in [-0.05, 0) is 105 Å². The fourth-order valence-corrected chi connectivity index (χ4v) is 16.5. The topological polar surface area (TPSA) is 3.24 Å². The Balaban J connectivity index is 1.25. The highest BCUT2D eigenvalue weighted by Crippen LogP contribution is 2.54. The van der Waals surface area contributed by atoms with Gasteiger partial charge in [-0.2, -0.15) is 0 Å². The third-order valence-corrected chi connectivity index (χ3v) is 18.1. The molecule has 0 aromatic heterocycles. The number of benzene rings is 10. The Morgan fingerprint density at radius 1 is 0.276 bits per heavy atom. The van der Waals surface area contributed by atoms with Crippen LogP contribution in [0.5, 0.6) is 0 Å². The van der Waals surface area contributed by atoms with Crippen molar-refractivity contribution in [1.29, 1.82) is 0 Å². The number of fused-ring (bicyclic) bond motifs is 16. The second-order valence-corrected chi connectivity index (χ2v) is 19.6. The lowest BCUT2D eigenvalue weighted by molar-refractivity contribution is 1.30. The Kier molecular flexibility index (Phi) is 6.53. The summed E-state index contributed by atoms with van der Waals surface area (Å²) in [7, 11) is -3.03. The van der Waals surface area contributed by atoms with Crippen LogP contribution < -0.4 is 25.6 Å². The summed E-state index contributed by atoms with van der Waals surface area (Å²) in [6.07, 6.45) is 0. The molecular formula is C56H35NSi. The molecule has 2 heteroatoms. The Bertz CT molecular complexity index is 3320. The van der Waals surface area contributed by atoms with Crippen LogP contribution in [0.3, 0.4) is 0 Å². The zero-order chi connectivity index (χ0) is 38.0. The maximum Gasteiger partial charge on any atom is 0.185 e. The number of hydrogen-bond donors (Lipinski definition) is 0. The first-order valence-corrected chi connectivity index (χ1v) is 22.3. The van der Waals surface area contributed by atoms with E-state index in [0.717, 1.165) is 0 Å². The summed E-state index contributed by atoms with van der Waals surface area (Å²) in [5.41, 5.74) is 16.6. The molecule has 3 aliphatic rings. The molecule has 0 unspecified atom stereocenters. The predicted molar refractivity (Wildman–Crippen MR) is 248 cm³/mol. The van der Waals surface area contributed by atoms with Gasteiger partial charge >= 0.3 is 0 Å². The van der Waals surface area contributed by atoms with Crippen molar-refractivity contribution in [3.05, 3.63) is 212 Å². The lowest BCUT2D eigenvalue weighted by atomic mass is 9.91. The van der Waals surface area contributed by atoms with Gasteiger partial charge in [-0.25, -0.2) is 0 Å². The highest BCUT2D eigenvalue weighted by Gasteiger charge is 2.55. The molecule has 0 aliphatic carbocycles. The molecule has 0 saturated carbocycles. The molecule has 0 amide bonds. The van der Waals surface area contributed by atoms with Crippen LogP contribution in [-0.4, -0.2) is 8.07 Å². The smallest absolute Gasteiger partial charge is 0.185 e. The van der Waals surface area contributed by atoms with Crippen molar-refractivity contribution in [2.45, 2.75) is 0 Å². The van der Waals surface area contributed by atoms with Crippen LogP contribution >= 0.6 is 0 Å². The summed E-state index contributed by atoms with van der Waals surface area (Å²) in [5.74, 6) is 0. The molecule has 268 valence electrons. The Labute approximate surface area is 338 Å². The van der Waals surface area contributed by atoms with E-state index in [1.165, 1.54) is 115 Å². The van der Waals surface area contributed by atoms with Crippen molar-refractivity contribution in [2.24, 2.45) is 0 Å². The first-order valence-electron chi connectivity index (χ1n) is 20.3. The molecule has 0 N–H and O–H groups in total. The molecule has 10 aromatic carbocycles. The normalized spacial score (nSPS) is 13.6. The van der Waals surface area contributed by atoms with Gasteiger partial charge in [0.1, 0.15) is 0 Å². The maximum atomic E-state index is 2.64.